The van der Waals surface area contributed by atoms with Crippen molar-refractivity contribution in [1.82, 2.24) is 10.2 Å². The van der Waals surface area contributed by atoms with E-state index < -0.39 is 0 Å². The van der Waals surface area contributed by atoms with E-state index in [2.05, 4.69) is 5.32 Å². The second-order valence-electron chi connectivity index (χ2n) is 5.29. The van der Waals surface area contributed by atoms with Crippen molar-refractivity contribution >= 4 is 40.9 Å². The van der Waals surface area contributed by atoms with E-state index in [1.54, 1.807) is 22.7 Å². The maximum absolute atomic E-state index is 12.2. The molecule has 1 aromatic carbocycles. The summed E-state index contributed by atoms with van der Waals surface area (Å²) in [5.41, 5.74) is 0.954. The lowest BCUT2D eigenvalue weighted by atomic mass is 10.2. The minimum absolute atomic E-state index is 0.148. The number of carbonyl (C=O) groups excluding carboxylic acids is 1. The smallest absolute Gasteiger partial charge is 0.232 e. The van der Waals surface area contributed by atoms with Gasteiger partial charge in [0.2, 0.25) is 5.91 Å². The summed E-state index contributed by atoms with van der Waals surface area (Å²) < 4.78 is 0. The molecule has 21 heavy (non-hydrogen) atoms. The lowest BCUT2D eigenvalue weighted by molar-refractivity contribution is -0.127. The molecule has 1 aliphatic rings. The third-order valence-electron chi connectivity index (χ3n) is 3.50. The first-order valence-corrected chi connectivity index (χ1v) is 8.86. The summed E-state index contributed by atoms with van der Waals surface area (Å²) in [5, 5.41) is 5.13. The minimum atomic E-state index is 0.148. The van der Waals surface area contributed by atoms with E-state index in [1.165, 1.54) is 0 Å². The lowest BCUT2D eigenvalue weighted by Gasteiger charge is -2.23. The van der Waals surface area contributed by atoms with Crippen LogP contribution in [0.4, 0.5) is 0 Å². The average Bonchev–Trinajstić information content (AvgIpc) is 2.44. The molecule has 0 saturated carbocycles. The summed E-state index contributed by atoms with van der Waals surface area (Å²) >= 11 is 13.7. The number of hydrogen-bond acceptors (Lipinski definition) is 3. The molecule has 0 bridgehead atoms. The summed E-state index contributed by atoms with van der Waals surface area (Å²) in [7, 11) is 1.82. The highest BCUT2D eigenvalue weighted by atomic mass is 35.5. The molecule has 116 valence electrons. The number of benzene rings is 1. The number of thioether (sulfide) groups is 1. The van der Waals surface area contributed by atoms with Crippen LogP contribution in [0.25, 0.3) is 0 Å². The summed E-state index contributed by atoms with van der Waals surface area (Å²) in [4.78, 5) is 13.9. The zero-order valence-corrected chi connectivity index (χ0v) is 14.4. The Morgan fingerprint density at radius 2 is 1.90 bits per heavy atom. The number of rotatable bonds is 5. The highest BCUT2D eigenvalue weighted by Gasteiger charge is 2.17. The summed E-state index contributed by atoms with van der Waals surface area (Å²) in [5.74, 6) is 0.685. The second-order valence-corrected chi connectivity index (χ2v) is 7.45. The van der Waals surface area contributed by atoms with Gasteiger partial charge < -0.3 is 10.2 Å². The Morgan fingerprint density at radius 3 is 2.52 bits per heavy atom. The number of amides is 1. The highest BCUT2D eigenvalue weighted by Crippen LogP contribution is 2.22. The van der Waals surface area contributed by atoms with Crippen LogP contribution in [-0.4, -0.2) is 41.9 Å². The van der Waals surface area contributed by atoms with Crippen LogP contribution in [0.2, 0.25) is 10.0 Å². The van der Waals surface area contributed by atoms with Gasteiger partial charge in [-0.1, -0.05) is 23.2 Å². The predicted octanol–water partition coefficient (Wildman–Crippen LogP) is 3.44. The van der Waals surface area contributed by atoms with E-state index in [4.69, 9.17) is 23.2 Å². The molecule has 2 rings (SSSR count). The first kappa shape index (κ1) is 16.9. The van der Waals surface area contributed by atoms with Crippen molar-refractivity contribution < 1.29 is 4.79 Å². The van der Waals surface area contributed by atoms with Gasteiger partial charge in [0.1, 0.15) is 0 Å². The molecule has 3 nitrogen and oxygen atoms in total. The molecule has 1 saturated heterocycles. The number of nitrogens with zero attached hydrogens (tertiary/aromatic N) is 1. The first-order valence-electron chi connectivity index (χ1n) is 7.06. The molecule has 0 aromatic heterocycles. The maximum atomic E-state index is 12.2. The Bertz CT molecular complexity index is 472. The fourth-order valence-electron chi connectivity index (χ4n) is 2.33. The molecule has 0 aliphatic carbocycles. The number of carbonyl (C=O) groups is 1. The largest absolute Gasteiger partial charge is 0.341 e. The summed E-state index contributed by atoms with van der Waals surface area (Å²) in [6.07, 6.45) is 2.29. The van der Waals surface area contributed by atoms with Crippen LogP contribution in [0.1, 0.15) is 18.4 Å². The van der Waals surface area contributed by atoms with Crippen LogP contribution in [0.15, 0.2) is 18.2 Å². The first-order chi connectivity index (χ1) is 10.0. The van der Waals surface area contributed by atoms with Crippen molar-refractivity contribution in [2.75, 3.05) is 25.9 Å². The lowest BCUT2D eigenvalue weighted by Crippen LogP contribution is -2.32. The maximum Gasteiger partial charge on any atom is 0.232 e. The van der Waals surface area contributed by atoms with Crippen LogP contribution in [0.5, 0.6) is 0 Å². The van der Waals surface area contributed by atoms with Gasteiger partial charge in [-0.15, -0.1) is 11.8 Å². The Labute approximate surface area is 140 Å². The van der Waals surface area contributed by atoms with Crippen LogP contribution < -0.4 is 5.32 Å². The van der Waals surface area contributed by atoms with Gasteiger partial charge in [-0.05, 0) is 49.7 Å². The Balaban J connectivity index is 1.81. The predicted molar refractivity (Wildman–Crippen MR) is 91.3 cm³/mol. The molecule has 0 atom stereocenters. The van der Waals surface area contributed by atoms with Crippen LogP contribution in [0, 0.1) is 0 Å². The Hall–Kier alpha value is -0.420. The van der Waals surface area contributed by atoms with Crippen molar-refractivity contribution in [3.63, 3.8) is 0 Å². The molecule has 1 fully saturated rings. The second kappa shape index (κ2) is 8.28. The summed E-state index contributed by atoms with van der Waals surface area (Å²) in [6, 6.07) is 5.38. The zero-order valence-electron chi connectivity index (χ0n) is 12.1. The van der Waals surface area contributed by atoms with Gasteiger partial charge in [0.25, 0.3) is 0 Å². The van der Waals surface area contributed by atoms with Gasteiger partial charge in [0.05, 0.1) is 5.75 Å². The molecule has 1 aromatic rings. The molecular weight excluding hydrogens is 327 g/mol. The van der Waals surface area contributed by atoms with Crippen molar-refractivity contribution in [2.24, 2.45) is 0 Å². The standard InChI is InChI=1S/C15H20Cl2N2OS/c1-19(9-11-6-12(16)8-13(17)7-11)15(20)10-21-14-2-4-18-5-3-14/h6-8,14,18H,2-5,9-10H2,1H3. The molecule has 0 unspecified atom stereocenters. The Morgan fingerprint density at radius 1 is 1.29 bits per heavy atom. The van der Waals surface area contributed by atoms with E-state index in [1.807, 2.05) is 19.2 Å². The SMILES string of the molecule is CN(Cc1cc(Cl)cc(Cl)c1)C(=O)CSC1CCNCC1. The molecule has 6 heteroatoms. The van der Waals surface area contributed by atoms with Crippen molar-refractivity contribution in [3.8, 4) is 0 Å². The topological polar surface area (TPSA) is 32.3 Å². The molecule has 1 heterocycles. The monoisotopic (exact) mass is 346 g/mol. The Kier molecular flexibility index (Phi) is 6.68. The number of piperidine rings is 1. The van der Waals surface area contributed by atoms with E-state index in [9.17, 15) is 4.79 Å². The fraction of sp³-hybridized carbons (Fsp3) is 0.533. The van der Waals surface area contributed by atoms with Gasteiger partial charge in [-0.3, -0.25) is 4.79 Å². The van der Waals surface area contributed by atoms with Gasteiger partial charge in [-0.25, -0.2) is 0 Å². The normalized spacial score (nSPS) is 16.0. The van der Waals surface area contributed by atoms with Crippen molar-refractivity contribution in [1.29, 1.82) is 0 Å². The number of nitrogens with one attached hydrogen (secondary N) is 1. The van der Waals surface area contributed by atoms with Crippen molar-refractivity contribution in [2.45, 2.75) is 24.6 Å². The van der Waals surface area contributed by atoms with Gasteiger partial charge >= 0.3 is 0 Å². The molecule has 0 radical (unpaired) electrons. The van der Waals surface area contributed by atoms with Crippen LogP contribution in [-0.2, 0) is 11.3 Å². The average molecular weight is 347 g/mol. The van der Waals surface area contributed by atoms with E-state index in [0.29, 0.717) is 27.6 Å². The van der Waals surface area contributed by atoms with Crippen molar-refractivity contribution in [3.05, 3.63) is 33.8 Å². The fourth-order valence-corrected chi connectivity index (χ4v) is 4.06. The van der Waals surface area contributed by atoms with Gasteiger partial charge in [-0.2, -0.15) is 0 Å². The summed E-state index contributed by atoms with van der Waals surface area (Å²) in [6.45, 7) is 2.65. The zero-order chi connectivity index (χ0) is 15.2. The van der Waals surface area contributed by atoms with E-state index in [0.717, 1.165) is 31.5 Å². The van der Waals surface area contributed by atoms with E-state index in [-0.39, 0.29) is 5.91 Å². The van der Waals surface area contributed by atoms with Gasteiger partial charge in [0, 0.05) is 28.9 Å². The third-order valence-corrected chi connectivity index (χ3v) is 5.29. The van der Waals surface area contributed by atoms with E-state index >= 15 is 0 Å². The molecular formula is C15H20Cl2N2OS. The minimum Gasteiger partial charge on any atom is -0.341 e. The molecule has 1 N–H and O–H groups in total. The van der Waals surface area contributed by atoms with Crippen LogP contribution >= 0.6 is 35.0 Å². The number of hydrogen-bond donors (Lipinski definition) is 1. The third kappa shape index (κ3) is 5.70. The quantitative estimate of drug-likeness (QED) is 0.886. The molecule has 1 aliphatic heterocycles. The number of halogens is 2. The molecule has 0 spiro atoms. The van der Waals surface area contributed by atoms with Crippen LogP contribution in [0.3, 0.4) is 0 Å². The van der Waals surface area contributed by atoms with Gasteiger partial charge in [0.15, 0.2) is 0 Å². The highest BCUT2D eigenvalue weighted by molar-refractivity contribution is 8.00. The molecule has 1 amide bonds.